The van der Waals surface area contributed by atoms with Gasteiger partial charge in [0.15, 0.2) is 6.29 Å². The van der Waals surface area contributed by atoms with E-state index in [1.165, 1.54) is 135 Å². The molecule has 1 rings (SSSR count). The quantitative estimate of drug-likeness (QED) is 0.0283. The Bertz CT molecular complexity index is 812. The molecule has 51 heavy (non-hydrogen) atoms. The molecule has 0 bridgehead atoms. The number of aliphatic hydroxyl groups excluding tert-OH is 5. The molecule has 0 saturated carbocycles. The average Bonchev–Trinajstić information content (AvgIpc) is 3.13. The van der Waals surface area contributed by atoms with Crippen LogP contribution in [0.3, 0.4) is 0 Å². The van der Waals surface area contributed by atoms with Crippen molar-refractivity contribution in [1.82, 2.24) is 5.32 Å². The molecule has 0 spiro atoms. The van der Waals surface area contributed by atoms with Crippen molar-refractivity contribution in [3.05, 3.63) is 12.2 Å². The molecule has 9 heteroatoms. The van der Waals surface area contributed by atoms with Crippen LogP contribution in [0.4, 0.5) is 0 Å². The summed E-state index contributed by atoms with van der Waals surface area (Å²) in [7, 11) is 0. The van der Waals surface area contributed by atoms with Gasteiger partial charge < -0.3 is 40.3 Å². The van der Waals surface area contributed by atoms with Crippen LogP contribution >= 0.6 is 0 Å². The lowest BCUT2D eigenvalue weighted by molar-refractivity contribution is -0.302. The second-order valence-corrected chi connectivity index (χ2v) is 15.1. The number of carbonyl (C=O) groups excluding carboxylic acids is 1. The maximum Gasteiger partial charge on any atom is 0.220 e. The minimum atomic E-state index is -1.56. The third-order valence-electron chi connectivity index (χ3n) is 10.4. The fourth-order valence-corrected chi connectivity index (χ4v) is 6.86. The van der Waals surface area contributed by atoms with Crippen molar-refractivity contribution in [2.75, 3.05) is 13.2 Å². The fourth-order valence-electron chi connectivity index (χ4n) is 6.86. The molecule has 1 aliphatic rings. The summed E-state index contributed by atoms with van der Waals surface area (Å²) in [6, 6.07) is -0.796. The number of hydrogen-bond acceptors (Lipinski definition) is 8. The molecule has 0 aromatic heterocycles. The molecule has 7 atom stereocenters. The van der Waals surface area contributed by atoms with E-state index in [4.69, 9.17) is 9.47 Å². The van der Waals surface area contributed by atoms with Crippen molar-refractivity contribution in [2.45, 2.75) is 236 Å². The highest BCUT2D eigenvalue weighted by molar-refractivity contribution is 5.76. The SMILES string of the molecule is CCCCCCCCCCCCC/C=C/[C@@H](O)[C@H](CO[C@@H]1OC(CO)[C@H](O)C(O)C1O)NC(=O)CCCCCCCCCCCCCCCCC. The zero-order valence-electron chi connectivity index (χ0n) is 32.9. The van der Waals surface area contributed by atoms with E-state index in [0.29, 0.717) is 6.42 Å². The molecule has 1 aliphatic heterocycles. The van der Waals surface area contributed by atoms with Crippen LogP contribution in [0.2, 0.25) is 0 Å². The van der Waals surface area contributed by atoms with Gasteiger partial charge in [0.2, 0.25) is 5.91 Å². The predicted molar refractivity (Wildman–Crippen MR) is 207 cm³/mol. The maximum absolute atomic E-state index is 12.9. The first kappa shape index (κ1) is 48.0. The zero-order valence-corrected chi connectivity index (χ0v) is 32.9. The summed E-state index contributed by atoms with van der Waals surface area (Å²) >= 11 is 0. The second-order valence-electron chi connectivity index (χ2n) is 15.1. The third-order valence-corrected chi connectivity index (χ3v) is 10.4. The van der Waals surface area contributed by atoms with E-state index in [-0.39, 0.29) is 12.5 Å². The van der Waals surface area contributed by atoms with Crippen molar-refractivity contribution < 1.29 is 39.8 Å². The molecule has 0 aromatic carbocycles. The Kier molecular flexibility index (Phi) is 31.5. The normalized spacial score (nSPS) is 22.1. The van der Waals surface area contributed by atoms with Crippen LogP contribution in [0.1, 0.15) is 194 Å². The standard InChI is InChI=1S/C42H81NO8/c1-3-5-7-9-11-13-15-17-18-20-22-24-26-28-30-32-38(46)43-35(34-50-42-41(49)40(48)39(47)37(33-44)51-42)36(45)31-29-27-25-23-21-19-16-14-12-10-8-6-4-2/h29,31,35-37,39-42,44-45,47-49H,3-28,30,32-34H2,1-2H3,(H,43,46)/b31-29+/t35-,36+,37?,39-,40?,41?,42+/m0/s1. The summed E-state index contributed by atoms with van der Waals surface area (Å²) < 4.78 is 11.2. The molecule has 0 aromatic rings. The lowest BCUT2D eigenvalue weighted by Gasteiger charge is -2.40. The van der Waals surface area contributed by atoms with E-state index < -0.39 is 49.5 Å². The summed E-state index contributed by atoms with van der Waals surface area (Å²) in [6.45, 7) is 3.76. The van der Waals surface area contributed by atoms with Crippen molar-refractivity contribution in [1.29, 1.82) is 0 Å². The van der Waals surface area contributed by atoms with Crippen LogP contribution in [0.25, 0.3) is 0 Å². The van der Waals surface area contributed by atoms with E-state index in [1.54, 1.807) is 6.08 Å². The van der Waals surface area contributed by atoms with Gasteiger partial charge in [-0.1, -0.05) is 180 Å². The Labute approximate surface area is 312 Å². The zero-order chi connectivity index (χ0) is 37.4. The number of allylic oxidation sites excluding steroid dienone is 1. The Morgan fingerprint density at radius 1 is 0.647 bits per heavy atom. The van der Waals surface area contributed by atoms with Gasteiger partial charge in [0, 0.05) is 6.42 Å². The lowest BCUT2D eigenvalue weighted by atomic mass is 9.99. The van der Waals surface area contributed by atoms with Crippen LogP contribution in [0, 0.1) is 0 Å². The molecular weight excluding hydrogens is 646 g/mol. The Balaban J connectivity index is 2.39. The highest BCUT2D eigenvalue weighted by Crippen LogP contribution is 2.22. The fraction of sp³-hybridized carbons (Fsp3) is 0.929. The second kappa shape index (κ2) is 33.5. The summed E-state index contributed by atoms with van der Waals surface area (Å²) in [5.74, 6) is -0.176. The van der Waals surface area contributed by atoms with Gasteiger partial charge in [-0.15, -0.1) is 0 Å². The number of carbonyl (C=O) groups is 1. The summed E-state index contributed by atoms with van der Waals surface area (Å²) in [5.41, 5.74) is 0. The van der Waals surface area contributed by atoms with E-state index in [9.17, 15) is 30.3 Å². The number of hydrogen-bond donors (Lipinski definition) is 6. The van der Waals surface area contributed by atoms with Crippen LogP contribution < -0.4 is 5.32 Å². The minimum Gasteiger partial charge on any atom is -0.394 e. The number of aliphatic hydroxyl groups is 5. The Morgan fingerprint density at radius 3 is 1.53 bits per heavy atom. The van der Waals surface area contributed by atoms with E-state index in [1.807, 2.05) is 6.08 Å². The van der Waals surface area contributed by atoms with Crippen LogP contribution in [0.15, 0.2) is 12.2 Å². The van der Waals surface area contributed by atoms with Crippen LogP contribution in [-0.4, -0.2) is 87.5 Å². The predicted octanol–water partition coefficient (Wildman–Crippen LogP) is 8.17. The van der Waals surface area contributed by atoms with Gasteiger partial charge in [-0.25, -0.2) is 0 Å². The summed E-state index contributed by atoms with van der Waals surface area (Å²) in [4.78, 5) is 12.9. The van der Waals surface area contributed by atoms with Crippen molar-refractivity contribution in [2.24, 2.45) is 0 Å². The van der Waals surface area contributed by atoms with Gasteiger partial charge in [-0.3, -0.25) is 4.79 Å². The number of unbranched alkanes of at least 4 members (excludes halogenated alkanes) is 25. The summed E-state index contributed by atoms with van der Waals surface area (Å²) in [5, 5.41) is 54.0. The third kappa shape index (κ3) is 24.8. The van der Waals surface area contributed by atoms with Crippen molar-refractivity contribution >= 4 is 5.91 Å². The molecule has 0 radical (unpaired) electrons. The highest BCUT2D eigenvalue weighted by atomic mass is 16.7. The first-order valence-corrected chi connectivity index (χ1v) is 21.4. The highest BCUT2D eigenvalue weighted by Gasteiger charge is 2.44. The van der Waals surface area contributed by atoms with Gasteiger partial charge in [0.25, 0.3) is 0 Å². The van der Waals surface area contributed by atoms with E-state index >= 15 is 0 Å². The Morgan fingerprint density at radius 2 is 1.08 bits per heavy atom. The van der Waals surface area contributed by atoms with Gasteiger partial charge in [-0.05, 0) is 19.3 Å². The van der Waals surface area contributed by atoms with Gasteiger partial charge in [0.05, 0.1) is 25.4 Å². The molecule has 9 nitrogen and oxygen atoms in total. The first-order chi connectivity index (χ1) is 24.8. The number of nitrogens with one attached hydrogen (secondary N) is 1. The topological polar surface area (TPSA) is 149 Å². The van der Waals surface area contributed by atoms with E-state index in [2.05, 4.69) is 19.2 Å². The molecule has 3 unspecified atom stereocenters. The molecule has 6 N–H and O–H groups in total. The van der Waals surface area contributed by atoms with Crippen LogP contribution in [0.5, 0.6) is 0 Å². The number of amides is 1. The lowest BCUT2D eigenvalue weighted by Crippen LogP contribution is -2.60. The molecule has 0 aliphatic carbocycles. The number of rotatable bonds is 35. The van der Waals surface area contributed by atoms with Gasteiger partial charge in [0.1, 0.15) is 24.4 Å². The van der Waals surface area contributed by atoms with E-state index in [0.717, 1.165) is 38.5 Å². The van der Waals surface area contributed by atoms with Crippen molar-refractivity contribution in [3.8, 4) is 0 Å². The van der Waals surface area contributed by atoms with Gasteiger partial charge in [-0.2, -0.15) is 0 Å². The van der Waals surface area contributed by atoms with Crippen LogP contribution in [-0.2, 0) is 14.3 Å². The molecule has 1 heterocycles. The van der Waals surface area contributed by atoms with Crippen molar-refractivity contribution in [3.63, 3.8) is 0 Å². The minimum absolute atomic E-state index is 0.176. The molecule has 1 amide bonds. The molecular formula is C42H81NO8. The molecule has 1 saturated heterocycles. The first-order valence-electron chi connectivity index (χ1n) is 21.4. The molecule has 302 valence electrons. The summed E-state index contributed by atoms with van der Waals surface area (Å²) in [6.07, 6.45) is 29.6. The average molecular weight is 728 g/mol. The molecule has 1 fully saturated rings. The maximum atomic E-state index is 12.9. The number of ether oxygens (including phenoxy) is 2. The monoisotopic (exact) mass is 728 g/mol. The largest absolute Gasteiger partial charge is 0.394 e. The smallest absolute Gasteiger partial charge is 0.220 e. The Hall–Kier alpha value is -1.07. The van der Waals surface area contributed by atoms with Gasteiger partial charge >= 0.3 is 0 Å².